The first-order valence-electron chi connectivity index (χ1n) is 7.44. The van der Waals surface area contributed by atoms with Gasteiger partial charge in [-0.2, -0.15) is 0 Å². The van der Waals surface area contributed by atoms with Crippen molar-refractivity contribution in [1.82, 2.24) is 5.32 Å². The maximum absolute atomic E-state index is 14.2. The second-order valence-corrected chi connectivity index (χ2v) is 5.66. The van der Waals surface area contributed by atoms with Crippen molar-refractivity contribution in [2.24, 2.45) is 5.92 Å². The van der Waals surface area contributed by atoms with E-state index in [1.807, 2.05) is 12.1 Å². The van der Waals surface area contributed by atoms with Crippen molar-refractivity contribution in [3.8, 4) is 0 Å². The molecule has 1 atom stereocenters. The summed E-state index contributed by atoms with van der Waals surface area (Å²) in [6, 6.07) is 5.66. The molecule has 0 aromatic heterocycles. The highest BCUT2D eigenvalue weighted by Gasteiger charge is 2.19. The quantitative estimate of drug-likeness (QED) is 0.818. The average Bonchev–Trinajstić information content (AvgIpc) is 2.39. The van der Waals surface area contributed by atoms with Gasteiger partial charge in [-0.05, 0) is 49.4 Å². The van der Waals surface area contributed by atoms with Gasteiger partial charge >= 0.3 is 0 Å². The van der Waals surface area contributed by atoms with Crippen LogP contribution in [0, 0.1) is 11.7 Å². The third kappa shape index (κ3) is 3.93. The molecule has 1 fully saturated rings. The molecule has 1 N–H and O–H groups in total. The fraction of sp³-hybridized carbons (Fsp3) is 0.625. The summed E-state index contributed by atoms with van der Waals surface area (Å²) >= 11 is 0. The van der Waals surface area contributed by atoms with Gasteiger partial charge in [0.1, 0.15) is 5.82 Å². The lowest BCUT2D eigenvalue weighted by molar-refractivity contribution is 0.442. The van der Waals surface area contributed by atoms with Crippen LogP contribution in [0.5, 0.6) is 0 Å². The molecule has 0 spiro atoms. The number of anilines is 1. The van der Waals surface area contributed by atoms with Crippen LogP contribution in [0.25, 0.3) is 0 Å². The van der Waals surface area contributed by atoms with E-state index in [1.54, 1.807) is 6.07 Å². The minimum Gasteiger partial charge on any atom is -0.369 e. The smallest absolute Gasteiger partial charge is 0.146 e. The fourth-order valence-corrected chi connectivity index (χ4v) is 2.73. The zero-order chi connectivity index (χ0) is 13.7. The van der Waals surface area contributed by atoms with Gasteiger partial charge in [0.2, 0.25) is 0 Å². The summed E-state index contributed by atoms with van der Waals surface area (Å²) in [6.07, 6.45) is 3.53. The maximum atomic E-state index is 14.2. The molecule has 0 aliphatic carbocycles. The van der Waals surface area contributed by atoms with Crippen LogP contribution < -0.4 is 10.2 Å². The van der Waals surface area contributed by atoms with Crippen LogP contribution in [0.2, 0.25) is 0 Å². The van der Waals surface area contributed by atoms with Crippen molar-refractivity contribution in [2.75, 3.05) is 24.5 Å². The molecule has 1 unspecified atom stereocenters. The Morgan fingerprint density at radius 1 is 1.42 bits per heavy atom. The Morgan fingerprint density at radius 3 is 2.95 bits per heavy atom. The average molecular weight is 264 g/mol. The van der Waals surface area contributed by atoms with Gasteiger partial charge in [-0.3, -0.25) is 0 Å². The Morgan fingerprint density at radius 2 is 2.26 bits per heavy atom. The van der Waals surface area contributed by atoms with E-state index in [-0.39, 0.29) is 5.82 Å². The molecule has 2 nitrogen and oxygen atoms in total. The van der Waals surface area contributed by atoms with Gasteiger partial charge in [-0.25, -0.2) is 4.39 Å². The third-order valence-corrected chi connectivity index (χ3v) is 3.77. The molecular weight excluding hydrogens is 239 g/mol. The molecule has 1 aromatic carbocycles. The molecule has 2 rings (SSSR count). The Balaban J connectivity index is 2.02. The summed E-state index contributed by atoms with van der Waals surface area (Å²) in [7, 11) is 0. The van der Waals surface area contributed by atoms with Crippen molar-refractivity contribution in [3.05, 3.63) is 29.6 Å². The molecule has 0 saturated carbocycles. The molecule has 1 aliphatic heterocycles. The van der Waals surface area contributed by atoms with Crippen LogP contribution in [0.15, 0.2) is 18.2 Å². The highest BCUT2D eigenvalue weighted by molar-refractivity contribution is 5.49. The highest BCUT2D eigenvalue weighted by atomic mass is 19.1. The van der Waals surface area contributed by atoms with Gasteiger partial charge in [-0.15, -0.1) is 0 Å². The topological polar surface area (TPSA) is 15.3 Å². The molecule has 106 valence electrons. The van der Waals surface area contributed by atoms with Crippen LogP contribution in [0.4, 0.5) is 10.1 Å². The maximum Gasteiger partial charge on any atom is 0.146 e. The van der Waals surface area contributed by atoms with Gasteiger partial charge in [0.15, 0.2) is 0 Å². The SMILES string of the molecule is CCCNCc1ccc(N2CCCC(C)C2)c(F)c1. The van der Waals surface area contributed by atoms with E-state index in [9.17, 15) is 4.39 Å². The van der Waals surface area contributed by atoms with Gasteiger partial charge in [0.05, 0.1) is 5.69 Å². The number of halogens is 1. The number of benzene rings is 1. The second-order valence-electron chi connectivity index (χ2n) is 5.66. The third-order valence-electron chi connectivity index (χ3n) is 3.77. The number of nitrogens with zero attached hydrogens (tertiary/aromatic N) is 1. The van der Waals surface area contributed by atoms with E-state index in [0.717, 1.165) is 43.9 Å². The van der Waals surface area contributed by atoms with Crippen molar-refractivity contribution in [1.29, 1.82) is 0 Å². The van der Waals surface area contributed by atoms with Gasteiger partial charge < -0.3 is 10.2 Å². The van der Waals surface area contributed by atoms with Crippen LogP contribution in [0.1, 0.15) is 38.7 Å². The van der Waals surface area contributed by atoms with Gasteiger partial charge in [0, 0.05) is 19.6 Å². The van der Waals surface area contributed by atoms with Gasteiger partial charge in [0.25, 0.3) is 0 Å². The summed E-state index contributed by atoms with van der Waals surface area (Å²) in [6.45, 7) is 8.06. The first-order chi connectivity index (χ1) is 9.20. The summed E-state index contributed by atoms with van der Waals surface area (Å²) in [4.78, 5) is 2.19. The molecule has 19 heavy (non-hydrogen) atoms. The number of rotatable bonds is 5. The lowest BCUT2D eigenvalue weighted by atomic mass is 9.99. The predicted octanol–water partition coefficient (Wildman–Crippen LogP) is 3.56. The van der Waals surface area contributed by atoms with Crippen molar-refractivity contribution in [3.63, 3.8) is 0 Å². The van der Waals surface area contributed by atoms with Crippen molar-refractivity contribution >= 4 is 5.69 Å². The summed E-state index contributed by atoms with van der Waals surface area (Å²) in [5, 5.41) is 3.30. The zero-order valence-electron chi connectivity index (χ0n) is 12.1. The Kier molecular flexibility index (Phi) is 5.20. The van der Waals surface area contributed by atoms with Crippen molar-refractivity contribution in [2.45, 2.75) is 39.7 Å². The van der Waals surface area contributed by atoms with Crippen LogP contribution in [-0.2, 0) is 6.54 Å². The number of piperidine rings is 1. The van der Waals surface area contributed by atoms with E-state index >= 15 is 0 Å². The monoisotopic (exact) mass is 264 g/mol. The minimum absolute atomic E-state index is 0.0788. The Bertz CT molecular complexity index is 406. The zero-order valence-corrected chi connectivity index (χ0v) is 12.1. The van der Waals surface area contributed by atoms with E-state index in [4.69, 9.17) is 0 Å². The predicted molar refractivity (Wildman–Crippen MR) is 79.0 cm³/mol. The highest BCUT2D eigenvalue weighted by Crippen LogP contribution is 2.26. The molecule has 1 aliphatic rings. The molecule has 0 bridgehead atoms. The van der Waals surface area contributed by atoms with E-state index in [0.29, 0.717) is 5.92 Å². The van der Waals surface area contributed by atoms with E-state index in [2.05, 4.69) is 24.1 Å². The standard InChI is InChI=1S/C16H25FN2/c1-3-8-18-11-14-6-7-16(15(17)10-14)19-9-4-5-13(2)12-19/h6-7,10,13,18H,3-5,8-9,11-12H2,1-2H3. The van der Waals surface area contributed by atoms with Crippen molar-refractivity contribution < 1.29 is 4.39 Å². The summed E-state index contributed by atoms with van der Waals surface area (Å²) in [5.41, 5.74) is 1.80. The molecule has 0 radical (unpaired) electrons. The van der Waals surface area contributed by atoms with Crippen LogP contribution >= 0.6 is 0 Å². The molecule has 1 aromatic rings. The first kappa shape index (κ1) is 14.3. The molecule has 1 saturated heterocycles. The summed E-state index contributed by atoms with van der Waals surface area (Å²) < 4.78 is 14.2. The number of hydrogen-bond acceptors (Lipinski definition) is 2. The lowest BCUT2D eigenvalue weighted by Gasteiger charge is -2.33. The Hall–Kier alpha value is -1.09. The molecule has 1 heterocycles. The number of nitrogens with one attached hydrogen (secondary N) is 1. The largest absolute Gasteiger partial charge is 0.369 e. The first-order valence-corrected chi connectivity index (χ1v) is 7.44. The van der Waals surface area contributed by atoms with Gasteiger partial charge in [-0.1, -0.05) is 19.9 Å². The van der Waals surface area contributed by atoms with Crippen LogP contribution in [0.3, 0.4) is 0 Å². The minimum atomic E-state index is -0.0788. The summed E-state index contributed by atoms with van der Waals surface area (Å²) in [5.74, 6) is 0.587. The molecular formula is C16H25FN2. The van der Waals surface area contributed by atoms with E-state index in [1.165, 1.54) is 12.8 Å². The van der Waals surface area contributed by atoms with Crippen LogP contribution in [-0.4, -0.2) is 19.6 Å². The molecule has 0 amide bonds. The fourth-order valence-electron chi connectivity index (χ4n) is 2.73. The normalized spacial score (nSPS) is 19.7. The lowest BCUT2D eigenvalue weighted by Crippen LogP contribution is -2.34. The molecule has 3 heteroatoms. The van der Waals surface area contributed by atoms with E-state index < -0.39 is 0 Å². The number of hydrogen-bond donors (Lipinski definition) is 1. The Labute approximate surface area is 116 Å². The second kappa shape index (κ2) is 6.90.